The zero-order chi connectivity index (χ0) is 16.7. The van der Waals surface area contributed by atoms with Crippen molar-refractivity contribution in [1.82, 2.24) is 19.5 Å². The Kier molecular flexibility index (Phi) is 3.61. The molecule has 1 atom stereocenters. The Morgan fingerprint density at radius 3 is 2.83 bits per heavy atom. The Morgan fingerprint density at radius 1 is 1.17 bits per heavy atom. The van der Waals surface area contributed by atoms with Crippen LogP contribution in [0.4, 0.5) is 14.6 Å². The number of benzene rings is 1. The van der Waals surface area contributed by atoms with Crippen molar-refractivity contribution < 1.29 is 8.78 Å². The van der Waals surface area contributed by atoms with Gasteiger partial charge in [0.1, 0.15) is 22.8 Å². The minimum absolute atomic E-state index is 0.271. The highest BCUT2D eigenvalue weighted by molar-refractivity contribution is 7.16. The average Bonchev–Trinajstić information content (AvgIpc) is 3.19. The topological polar surface area (TPSA) is 55.6 Å². The van der Waals surface area contributed by atoms with Crippen molar-refractivity contribution in [1.29, 1.82) is 0 Å². The van der Waals surface area contributed by atoms with Crippen LogP contribution >= 0.6 is 11.3 Å². The molecule has 0 amide bonds. The van der Waals surface area contributed by atoms with Gasteiger partial charge in [-0.3, -0.25) is 4.57 Å². The number of nitrogens with one attached hydrogen (secondary N) is 1. The number of hydrogen-bond acceptors (Lipinski definition) is 5. The Hall–Kier alpha value is -2.61. The van der Waals surface area contributed by atoms with Crippen molar-refractivity contribution in [2.45, 2.75) is 19.5 Å². The highest BCUT2D eigenvalue weighted by Crippen LogP contribution is 2.30. The molecule has 0 aliphatic carbocycles. The standard InChI is InChI=1S/C16H13F2N5S/c1-9(21-13-10-6-7-24-15(10)20-8-19-13)14-22-11-4-2-3-5-12(11)23(14)16(17)18/h2-9,16H,1H3,(H,19,20,21)/t9-/m1/s1. The number of anilines is 1. The summed E-state index contributed by atoms with van der Waals surface area (Å²) in [7, 11) is 0. The fourth-order valence-electron chi connectivity index (χ4n) is 2.75. The molecule has 1 N–H and O–H groups in total. The molecule has 0 radical (unpaired) electrons. The van der Waals surface area contributed by atoms with E-state index in [2.05, 4.69) is 20.3 Å². The lowest BCUT2D eigenvalue weighted by Gasteiger charge is -2.16. The number of hydrogen-bond donors (Lipinski definition) is 1. The first-order valence-electron chi connectivity index (χ1n) is 7.35. The Bertz CT molecular complexity index is 1010. The van der Waals surface area contributed by atoms with Gasteiger partial charge in [-0.1, -0.05) is 12.1 Å². The summed E-state index contributed by atoms with van der Waals surface area (Å²) in [6.45, 7) is -0.872. The molecule has 4 rings (SSSR count). The normalized spacial score (nSPS) is 13.0. The second-order valence-electron chi connectivity index (χ2n) is 5.33. The maximum Gasteiger partial charge on any atom is 0.320 e. The lowest BCUT2D eigenvalue weighted by atomic mass is 10.3. The molecule has 5 nitrogen and oxygen atoms in total. The zero-order valence-corrected chi connectivity index (χ0v) is 13.5. The molecule has 4 aromatic rings. The van der Waals surface area contributed by atoms with E-state index in [1.54, 1.807) is 31.2 Å². The van der Waals surface area contributed by atoms with Crippen LogP contribution in [-0.4, -0.2) is 19.5 Å². The SMILES string of the molecule is C[C@@H](Nc1ncnc2sccc12)c1nc2ccccc2n1C(F)F. The second-order valence-corrected chi connectivity index (χ2v) is 6.23. The van der Waals surface area contributed by atoms with Crippen LogP contribution in [-0.2, 0) is 0 Å². The number of thiophene rings is 1. The largest absolute Gasteiger partial charge is 0.360 e. The van der Waals surface area contributed by atoms with Crippen molar-refractivity contribution in [2.75, 3.05) is 5.32 Å². The Balaban J connectivity index is 1.77. The van der Waals surface area contributed by atoms with E-state index in [1.165, 1.54) is 17.7 Å². The van der Waals surface area contributed by atoms with Gasteiger partial charge in [0.2, 0.25) is 0 Å². The van der Waals surface area contributed by atoms with E-state index >= 15 is 0 Å². The van der Waals surface area contributed by atoms with Crippen LogP contribution in [0, 0.1) is 0 Å². The third kappa shape index (κ3) is 2.39. The van der Waals surface area contributed by atoms with E-state index in [-0.39, 0.29) is 5.82 Å². The van der Waals surface area contributed by atoms with Crippen LogP contribution in [0.25, 0.3) is 21.3 Å². The number of imidazole rings is 1. The highest BCUT2D eigenvalue weighted by atomic mass is 32.1. The van der Waals surface area contributed by atoms with Crippen molar-refractivity contribution in [2.24, 2.45) is 0 Å². The fourth-order valence-corrected chi connectivity index (χ4v) is 3.48. The maximum atomic E-state index is 13.6. The smallest absolute Gasteiger partial charge is 0.320 e. The molecule has 3 heterocycles. The van der Waals surface area contributed by atoms with Gasteiger partial charge in [-0.05, 0) is 30.5 Å². The summed E-state index contributed by atoms with van der Waals surface area (Å²) in [5.74, 6) is 0.884. The van der Waals surface area contributed by atoms with Crippen LogP contribution in [0.15, 0.2) is 42.0 Å². The molecule has 0 bridgehead atoms. The minimum Gasteiger partial charge on any atom is -0.360 e. The van der Waals surface area contributed by atoms with Gasteiger partial charge in [-0.25, -0.2) is 15.0 Å². The summed E-state index contributed by atoms with van der Waals surface area (Å²) in [6.07, 6.45) is 1.46. The van der Waals surface area contributed by atoms with E-state index < -0.39 is 12.6 Å². The molecular formula is C16H13F2N5S. The van der Waals surface area contributed by atoms with Crippen LogP contribution in [0.5, 0.6) is 0 Å². The van der Waals surface area contributed by atoms with E-state index in [4.69, 9.17) is 0 Å². The van der Waals surface area contributed by atoms with Crippen LogP contribution in [0.1, 0.15) is 25.3 Å². The molecule has 8 heteroatoms. The minimum atomic E-state index is -2.66. The number of rotatable bonds is 4. The molecule has 0 unspecified atom stereocenters. The van der Waals surface area contributed by atoms with Gasteiger partial charge in [-0.15, -0.1) is 11.3 Å². The van der Waals surface area contributed by atoms with Crippen LogP contribution in [0.2, 0.25) is 0 Å². The lowest BCUT2D eigenvalue weighted by molar-refractivity contribution is 0.0708. The summed E-state index contributed by atoms with van der Waals surface area (Å²) in [4.78, 5) is 13.6. The first-order chi connectivity index (χ1) is 11.6. The third-order valence-electron chi connectivity index (χ3n) is 3.82. The van der Waals surface area contributed by atoms with E-state index in [1.807, 2.05) is 11.4 Å². The predicted molar refractivity (Wildman–Crippen MR) is 90.4 cm³/mol. The van der Waals surface area contributed by atoms with Gasteiger partial charge in [0.15, 0.2) is 0 Å². The Morgan fingerprint density at radius 2 is 2.00 bits per heavy atom. The van der Waals surface area contributed by atoms with E-state index in [9.17, 15) is 8.78 Å². The van der Waals surface area contributed by atoms with Gasteiger partial charge in [0, 0.05) is 0 Å². The number of para-hydroxylation sites is 2. The summed E-state index contributed by atoms with van der Waals surface area (Å²) in [5.41, 5.74) is 0.962. The number of alkyl halides is 2. The van der Waals surface area contributed by atoms with Crippen molar-refractivity contribution >= 4 is 38.4 Å². The Labute approximate surface area is 140 Å². The molecule has 122 valence electrons. The molecule has 0 aliphatic rings. The highest BCUT2D eigenvalue weighted by Gasteiger charge is 2.22. The second kappa shape index (κ2) is 5.79. The molecular weight excluding hydrogens is 332 g/mol. The fraction of sp³-hybridized carbons (Fsp3) is 0.188. The number of aromatic nitrogens is 4. The van der Waals surface area contributed by atoms with E-state index in [0.29, 0.717) is 16.9 Å². The third-order valence-corrected chi connectivity index (χ3v) is 4.64. The van der Waals surface area contributed by atoms with Gasteiger partial charge < -0.3 is 5.32 Å². The lowest BCUT2D eigenvalue weighted by Crippen LogP contribution is -2.15. The zero-order valence-electron chi connectivity index (χ0n) is 12.6. The van der Waals surface area contributed by atoms with Crippen molar-refractivity contribution in [3.05, 3.63) is 47.9 Å². The molecule has 0 saturated carbocycles. The van der Waals surface area contributed by atoms with Gasteiger partial charge in [-0.2, -0.15) is 8.78 Å². The molecule has 0 aliphatic heterocycles. The summed E-state index contributed by atoms with van der Waals surface area (Å²) >= 11 is 1.50. The van der Waals surface area contributed by atoms with Crippen molar-refractivity contribution in [3.8, 4) is 0 Å². The monoisotopic (exact) mass is 345 g/mol. The van der Waals surface area contributed by atoms with Crippen LogP contribution in [0.3, 0.4) is 0 Å². The molecule has 0 spiro atoms. The molecule has 3 aromatic heterocycles. The molecule has 0 fully saturated rings. The maximum absolute atomic E-state index is 13.6. The predicted octanol–water partition coefficient (Wildman–Crippen LogP) is 4.61. The van der Waals surface area contributed by atoms with Gasteiger partial charge in [0.25, 0.3) is 0 Å². The number of halogens is 2. The molecule has 1 aromatic carbocycles. The first-order valence-corrected chi connectivity index (χ1v) is 8.23. The average molecular weight is 345 g/mol. The van der Waals surface area contributed by atoms with Gasteiger partial charge >= 0.3 is 6.55 Å². The first kappa shape index (κ1) is 14.9. The summed E-state index contributed by atoms with van der Waals surface area (Å²) < 4.78 is 28.1. The molecule has 24 heavy (non-hydrogen) atoms. The number of nitrogens with zero attached hydrogens (tertiary/aromatic N) is 4. The van der Waals surface area contributed by atoms with E-state index in [0.717, 1.165) is 14.8 Å². The van der Waals surface area contributed by atoms with Crippen LogP contribution < -0.4 is 5.32 Å². The summed E-state index contributed by atoms with van der Waals surface area (Å²) in [5, 5.41) is 5.97. The van der Waals surface area contributed by atoms with Gasteiger partial charge in [0.05, 0.1) is 22.5 Å². The van der Waals surface area contributed by atoms with Crippen molar-refractivity contribution in [3.63, 3.8) is 0 Å². The molecule has 0 saturated heterocycles. The number of fused-ring (bicyclic) bond motifs is 2. The quantitative estimate of drug-likeness (QED) is 0.587. The summed E-state index contributed by atoms with van der Waals surface area (Å²) in [6, 6.07) is 8.35.